The molecule has 0 saturated carbocycles. The van der Waals surface area contributed by atoms with Crippen LogP contribution in [0, 0.1) is 5.92 Å². The highest BCUT2D eigenvalue weighted by atomic mass is 16.5. The Morgan fingerprint density at radius 2 is 2.00 bits per heavy atom. The summed E-state index contributed by atoms with van der Waals surface area (Å²) in [4.78, 5) is 22.7. The molecule has 0 aromatic carbocycles. The van der Waals surface area contributed by atoms with Gasteiger partial charge in [0.2, 0.25) is 5.95 Å². The third-order valence-corrected chi connectivity index (χ3v) is 4.61. The van der Waals surface area contributed by atoms with Crippen molar-refractivity contribution in [1.29, 1.82) is 0 Å². The number of anilines is 2. The Morgan fingerprint density at radius 3 is 2.62 bits per heavy atom. The van der Waals surface area contributed by atoms with Gasteiger partial charge in [-0.15, -0.1) is 0 Å². The molecule has 3 heterocycles. The van der Waals surface area contributed by atoms with Crippen LogP contribution < -0.4 is 5.32 Å². The number of carbonyl (C=O) groups is 1. The third-order valence-electron chi connectivity index (χ3n) is 4.61. The molecule has 0 radical (unpaired) electrons. The first-order chi connectivity index (χ1) is 15.2. The second-order valence-corrected chi connectivity index (χ2v) is 8.70. The Balaban J connectivity index is 0.000000534. The van der Waals surface area contributed by atoms with Gasteiger partial charge in [-0.2, -0.15) is 10.1 Å². The normalized spacial score (nSPS) is 12.0. The predicted molar refractivity (Wildman–Crippen MR) is 128 cm³/mol. The van der Waals surface area contributed by atoms with E-state index in [0.29, 0.717) is 18.2 Å². The Hall–Kier alpha value is -2.94. The maximum Gasteiger partial charge on any atom is 0.328 e. The quantitative estimate of drug-likeness (QED) is 0.503. The molecule has 32 heavy (non-hydrogen) atoms. The summed E-state index contributed by atoms with van der Waals surface area (Å²) in [5.74, 6) is 1.05. The maximum atomic E-state index is 12.0. The topological polar surface area (TPSA) is 90.1 Å². The van der Waals surface area contributed by atoms with Gasteiger partial charge in [-0.25, -0.2) is 4.98 Å². The van der Waals surface area contributed by atoms with Gasteiger partial charge in [-0.1, -0.05) is 33.6 Å². The molecule has 0 spiro atoms. The number of nitrogens with zero attached hydrogens (tertiary/aromatic N) is 6. The SMILES string of the molecule is CC(CN(C)C)OC(=O)Cn1cc(Nc2ncc3ccn(C)c3n2)cn1.CCCC(C)C. The monoisotopic (exact) mass is 443 g/mol. The number of ether oxygens (including phenoxy) is 1. The molecule has 176 valence electrons. The predicted octanol–water partition coefficient (Wildman–Crippen LogP) is 3.84. The van der Waals surface area contributed by atoms with Crippen molar-refractivity contribution in [3.63, 3.8) is 0 Å². The van der Waals surface area contributed by atoms with Crippen molar-refractivity contribution in [2.24, 2.45) is 13.0 Å². The Bertz CT molecular complexity index is 978. The number of likely N-dealkylation sites (N-methyl/N-ethyl adjacent to an activating group) is 1. The van der Waals surface area contributed by atoms with Gasteiger partial charge in [0.25, 0.3) is 0 Å². The van der Waals surface area contributed by atoms with E-state index in [4.69, 9.17) is 4.74 Å². The summed E-state index contributed by atoms with van der Waals surface area (Å²) in [6.07, 6.45) is 9.57. The molecule has 0 aliphatic carbocycles. The summed E-state index contributed by atoms with van der Waals surface area (Å²) in [5, 5.41) is 8.24. The van der Waals surface area contributed by atoms with Crippen LogP contribution in [0.5, 0.6) is 0 Å². The highest BCUT2D eigenvalue weighted by molar-refractivity contribution is 5.76. The molecule has 9 nitrogen and oxygen atoms in total. The average Bonchev–Trinajstić information content (AvgIpc) is 3.28. The fourth-order valence-corrected chi connectivity index (χ4v) is 3.27. The lowest BCUT2D eigenvalue weighted by Crippen LogP contribution is -2.29. The zero-order chi connectivity index (χ0) is 23.7. The van der Waals surface area contributed by atoms with Crippen LogP contribution in [0.1, 0.15) is 40.5 Å². The molecule has 3 aromatic heterocycles. The molecule has 1 unspecified atom stereocenters. The largest absolute Gasteiger partial charge is 0.460 e. The second-order valence-electron chi connectivity index (χ2n) is 8.70. The zero-order valence-electron chi connectivity index (χ0n) is 20.4. The number of aryl methyl sites for hydroxylation is 1. The van der Waals surface area contributed by atoms with Crippen molar-refractivity contribution in [3.8, 4) is 0 Å². The second kappa shape index (κ2) is 12.2. The van der Waals surface area contributed by atoms with Crippen LogP contribution in [0.25, 0.3) is 11.0 Å². The minimum absolute atomic E-state index is 0.0527. The van der Waals surface area contributed by atoms with Crippen LogP contribution in [0.15, 0.2) is 30.9 Å². The molecule has 0 aliphatic rings. The van der Waals surface area contributed by atoms with Crippen LogP contribution in [0.3, 0.4) is 0 Å². The van der Waals surface area contributed by atoms with Gasteiger partial charge in [-0.05, 0) is 33.0 Å². The van der Waals surface area contributed by atoms with Crippen molar-refractivity contribution >= 4 is 28.6 Å². The maximum absolute atomic E-state index is 12.0. The van der Waals surface area contributed by atoms with Crippen LogP contribution in [-0.4, -0.2) is 61.9 Å². The fraction of sp³-hybridized carbons (Fsp3) is 0.565. The molecule has 1 N–H and O–H groups in total. The Morgan fingerprint density at radius 1 is 1.25 bits per heavy atom. The van der Waals surface area contributed by atoms with E-state index >= 15 is 0 Å². The van der Waals surface area contributed by atoms with Gasteiger partial charge in [-0.3, -0.25) is 9.48 Å². The molecular formula is C23H37N7O2. The summed E-state index contributed by atoms with van der Waals surface area (Å²) in [6.45, 7) is 9.33. The average molecular weight is 444 g/mol. The van der Waals surface area contributed by atoms with Crippen molar-refractivity contribution in [1.82, 2.24) is 29.2 Å². The molecule has 9 heteroatoms. The molecule has 0 amide bonds. The van der Waals surface area contributed by atoms with Gasteiger partial charge in [0, 0.05) is 37.6 Å². The van der Waals surface area contributed by atoms with E-state index in [0.717, 1.165) is 17.0 Å². The van der Waals surface area contributed by atoms with Gasteiger partial charge in [0.1, 0.15) is 18.3 Å². The first-order valence-corrected chi connectivity index (χ1v) is 11.1. The van der Waals surface area contributed by atoms with E-state index in [1.165, 1.54) is 17.5 Å². The summed E-state index contributed by atoms with van der Waals surface area (Å²) in [7, 11) is 5.80. The van der Waals surface area contributed by atoms with Gasteiger partial charge < -0.3 is 19.5 Å². The number of rotatable bonds is 9. The number of fused-ring (bicyclic) bond motifs is 1. The molecule has 0 bridgehead atoms. The summed E-state index contributed by atoms with van der Waals surface area (Å²) in [5.41, 5.74) is 1.54. The minimum atomic E-state index is -0.324. The van der Waals surface area contributed by atoms with E-state index in [9.17, 15) is 4.79 Å². The lowest BCUT2D eigenvalue weighted by molar-refractivity contribution is -0.149. The van der Waals surface area contributed by atoms with Crippen molar-refractivity contribution in [2.75, 3.05) is 26.0 Å². The van der Waals surface area contributed by atoms with Gasteiger partial charge >= 0.3 is 5.97 Å². The van der Waals surface area contributed by atoms with E-state index < -0.39 is 0 Å². The fourth-order valence-electron chi connectivity index (χ4n) is 3.27. The van der Waals surface area contributed by atoms with E-state index in [1.807, 2.05) is 49.8 Å². The molecule has 0 aliphatic heterocycles. The molecule has 0 fully saturated rings. The molecule has 3 aromatic rings. The van der Waals surface area contributed by atoms with Gasteiger partial charge in [0.15, 0.2) is 0 Å². The zero-order valence-corrected chi connectivity index (χ0v) is 20.4. The Labute approximate surface area is 190 Å². The summed E-state index contributed by atoms with van der Waals surface area (Å²) < 4.78 is 8.80. The number of nitrogens with one attached hydrogen (secondary N) is 1. The van der Waals surface area contributed by atoms with E-state index in [2.05, 4.69) is 41.2 Å². The third kappa shape index (κ3) is 8.30. The number of esters is 1. The highest BCUT2D eigenvalue weighted by Crippen LogP contribution is 2.16. The van der Waals surface area contributed by atoms with Crippen LogP contribution in [-0.2, 0) is 23.1 Å². The standard InChI is InChI=1S/C17H23N7O2.C6H14/c1-12(9-22(2)3)26-15(25)11-24-10-14(8-19-24)20-17-18-7-13-5-6-23(4)16(13)21-17;1-4-5-6(2)3/h5-8,10,12H,9,11H2,1-4H3,(H,18,20,21);6H,4-5H2,1-3H3. The van der Waals surface area contributed by atoms with Crippen molar-refractivity contribution in [3.05, 3.63) is 30.9 Å². The number of carbonyl (C=O) groups excluding carboxylic acids is 1. The molecule has 1 atom stereocenters. The summed E-state index contributed by atoms with van der Waals surface area (Å²) in [6, 6.07) is 1.96. The van der Waals surface area contributed by atoms with Gasteiger partial charge in [0.05, 0.1) is 11.9 Å². The summed E-state index contributed by atoms with van der Waals surface area (Å²) >= 11 is 0. The van der Waals surface area contributed by atoms with E-state index in [-0.39, 0.29) is 18.6 Å². The van der Waals surface area contributed by atoms with Crippen molar-refractivity contribution in [2.45, 2.75) is 53.2 Å². The lowest BCUT2D eigenvalue weighted by atomic mass is 10.1. The molecule has 0 saturated heterocycles. The van der Waals surface area contributed by atoms with E-state index in [1.54, 1.807) is 18.6 Å². The van der Waals surface area contributed by atoms with Crippen LogP contribution >= 0.6 is 0 Å². The number of hydrogen-bond acceptors (Lipinski definition) is 7. The van der Waals surface area contributed by atoms with Crippen molar-refractivity contribution < 1.29 is 9.53 Å². The highest BCUT2D eigenvalue weighted by Gasteiger charge is 2.12. The molecular weight excluding hydrogens is 406 g/mol. The first kappa shape index (κ1) is 25.3. The minimum Gasteiger partial charge on any atom is -0.460 e. The smallest absolute Gasteiger partial charge is 0.328 e. The molecule has 3 rings (SSSR count). The van der Waals surface area contributed by atoms with Crippen LogP contribution in [0.4, 0.5) is 11.6 Å². The lowest BCUT2D eigenvalue weighted by Gasteiger charge is -2.17. The first-order valence-electron chi connectivity index (χ1n) is 11.1. The number of aromatic nitrogens is 5. The van der Waals surface area contributed by atoms with Crippen LogP contribution in [0.2, 0.25) is 0 Å². The number of hydrogen-bond donors (Lipinski definition) is 1. The Kier molecular flexibility index (Phi) is 9.64.